The van der Waals surface area contributed by atoms with Crippen LogP contribution in [0.1, 0.15) is 52.5 Å². The summed E-state index contributed by atoms with van der Waals surface area (Å²) in [4.78, 5) is 56.4. The molecule has 0 saturated carbocycles. The Labute approximate surface area is 231 Å². The number of methoxy groups -OCH3 is 1. The molecule has 0 aliphatic carbocycles. The van der Waals surface area contributed by atoms with Gasteiger partial charge in [-0.1, -0.05) is 39.8 Å². The van der Waals surface area contributed by atoms with Crippen molar-refractivity contribution in [2.45, 2.75) is 65.5 Å². The Hall–Kier alpha value is -3.14. The largest absolute Gasteiger partial charge is 0.484 e. The predicted octanol–water partition coefficient (Wildman–Crippen LogP) is 1.76. The molecule has 39 heavy (non-hydrogen) atoms. The fourth-order valence-corrected chi connectivity index (χ4v) is 4.89. The standard InChI is InChI=1S/C29H44N4O6/c1-20(2)16-23-28(37)33(14-15-38-5)18-25(34)30-24(27(36)32-12-10-29(3,4)11-13-32)17-21-6-8-22(9-7-21)39-19-26(35)31-23/h6-9,20,23-24H,10-19H2,1-5H3,(H,30,34)(H,31,35)/t23-,24-/m0/s1. The first kappa shape index (κ1) is 30.4. The van der Waals surface area contributed by atoms with Crippen LogP contribution in [0, 0.1) is 11.3 Å². The van der Waals surface area contributed by atoms with Gasteiger partial charge in [0.05, 0.1) is 13.2 Å². The second kappa shape index (κ2) is 13.8. The average molecular weight is 545 g/mol. The van der Waals surface area contributed by atoms with E-state index in [0.717, 1.165) is 18.4 Å². The fraction of sp³-hybridized carbons (Fsp3) is 0.655. The molecular formula is C29H44N4O6. The zero-order valence-corrected chi connectivity index (χ0v) is 24.0. The number of amides is 4. The summed E-state index contributed by atoms with van der Waals surface area (Å²) in [6.07, 6.45) is 2.49. The smallest absolute Gasteiger partial charge is 0.258 e. The summed E-state index contributed by atoms with van der Waals surface area (Å²) in [5.41, 5.74) is 1.03. The van der Waals surface area contributed by atoms with Gasteiger partial charge in [-0.15, -0.1) is 0 Å². The number of fused-ring (bicyclic) bond motifs is 13. The van der Waals surface area contributed by atoms with Crippen molar-refractivity contribution in [2.75, 3.05) is 46.5 Å². The number of likely N-dealkylation sites (tertiary alicyclic amines) is 1. The molecule has 216 valence electrons. The average Bonchev–Trinajstić information content (AvgIpc) is 2.88. The van der Waals surface area contributed by atoms with E-state index in [1.54, 1.807) is 12.1 Å². The molecule has 4 rings (SSSR count). The number of benzene rings is 1. The van der Waals surface area contributed by atoms with Crippen molar-refractivity contribution in [3.8, 4) is 5.75 Å². The molecule has 1 aromatic rings. The SMILES string of the molecule is COCCN1CC(=O)N[C@H](C(=O)N2CCC(C)(C)CC2)Cc2ccc(cc2)OCC(=O)N[C@@H](CC(C)C)C1=O. The van der Waals surface area contributed by atoms with E-state index in [1.807, 2.05) is 30.9 Å². The van der Waals surface area contributed by atoms with Crippen molar-refractivity contribution in [3.63, 3.8) is 0 Å². The first-order valence-electron chi connectivity index (χ1n) is 13.8. The van der Waals surface area contributed by atoms with Gasteiger partial charge >= 0.3 is 0 Å². The number of hydrogen-bond acceptors (Lipinski definition) is 6. The van der Waals surface area contributed by atoms with E-state index in [4.69, 9.17) is 9.47 Å². The van der Waals surface area contributed by atoms with Crippen molar-refractivity contribution < 1.29 is 28.7 Å². The highest BCUT2D eigenvalue weighted by Gasteiger charge is 2.34. The number of rotatable bonds is 6. The van der Waals surface area contributed by atoms with Crippen molar-refractivity contribution in [1.82, 2.24) is 20.4 Å². The van der Waals surface area contributed by atoms with Gasteiger partial charge < -0.3 is 29.9 Å². The van der Waals surface area contributed by atoms with Crippen LogP contribution >= 0.6 is 0 Å². The molecule has 1 saturated heterocycles. The van der Waals surface area contributed by atoms with E-state index in [0.29, 0.717) is 31.7 Å². The summed E-state index contributed by atoms with van der Waals surface area (Å²) in [5.74, 6) is -0.734. The van der Waals surface area contributed by atoms with E-state index in [9.17, 15) is 19.2 Å². The van der Waals surface area contributed by atoms with E-state index in [1.165, 1.54) is 12.0 Å². The number of carbonyl (C=O) groups excluding carboxylic acids is 4. The molecule has 0 aromatic heterocycles. The Bertz CT molecular complexity index is 1000. The van der Waals surface area contributed by atoms with Crippen LogP contribution in [0.25, 0.3) is 0 Å². The maximum Gasteiger partial charge on any atom is 0.258 e. The van der Waals surface area contributed by atoms with E-state index >= 15 is 0 Å². The van der Waals surface area contributed by atoms with Crippen molar-refractivity contribution in [3.05, 3.63) is 29.8 Å². The third-order valence-electron chi connectivity index (χ3n) is 7.35. The molecule has 0 radical (unpaired) electrons. The van der Waals surface area contributed by atoms with Gasteiger partial charge in [0, 0.05) is 33.2 Å². The first-order valence-corrected chi connectivity index (χ1v) is 13.8. The maximum atomic E-state index is 13.6. The van der Waals surface area contributed by atoms with Gasteiger partial charge in [-0.3, -0.25) is 19.2 Å². The predicted molar refractivity (Wildman–Crippen MR) is 147 cm³/mol. The van der Waals surface area contributed by atoms with Crippen molar-refractivity contribution in [2.24, 2.45) is 11.3 Å². The minimum absolute atomic E-state index is 0.118. The second-order valence-corrected chi connectivity index (χ2v) is 11.7. The lowest BCUT2D eigenvalue weighted by atomic mass is 9.82. The Morgan fingerprint density at radius 1 is 1.08 bits per heavy atom. The van der Waals surface area contributed by atoms with Gasteiger partial charge in [0.1, 0.15) is 17.8 Å². The van der Waals surface area contributed by atoms with Crippen molar-refractivity contribution >= 4 is 23.6 Å². The maximum absolute atomic E-state index is 13.6. The van der Waals surface area contributed by atoms with Crippen LogP contribution in [0.15, 0.2) is 24.3 Å². The summed E-state index contributed by atoms with van der Waals surface area (Å²) in [6.45, 7) is 9.50. The molecule has 3 heterocycles. The third-order valence-corrected chi connectivity index (χ3v) is 7.35. The molecule has 2 bridgehead atoms. The molecule has 4 amide bonds. The van der Waals surface area contributed by atoms with Crippen LogP contribution < -0.4 is 15.4 Å². The quantitative estimate of drug-likeness (QED) is 0.527. The van der Waals surface area contributed by atoms with Crippen LogP contribution in [0.4, 0.5) is 0 Å². The number of carbonyl (C=O) groups is 4. The Balaban J connectivity index is 1.89. The Morgan fingerprint density at radius 3 is 2.36 bits per heavy atom. The normalized spacial score (nSPS) is 22.9. The summed E-state index contributed by atoms with van der Waals surface area (Å²) in [5, 5.41) is 5.69. The monoisotopic (exact) mass is 544 g/mol. The van der Waals surface area contributed by atoms with Gasteiger partial charge in [-0.25, -0.2) is 0 Å². The minimum Gasteiger partial charge on any atom is -0.484 e. The number of hydrogen-bond donors (Lipinski definition) is 2. The van der Waals surface area contributed by atoms with E-state index in [-0.39, 0.29) is 49.5 Å². The lowest BCUT2D eigenvalue weighted by Gasteiger charge is -2.38. The van der Waals surface area contributed by atoms with Crippen LogP contribution in [-0.4, -0.2) is 92.0 Å². The summed E-state index contributed by atoms with van der Waals surface area (Å²) in [6, 6.07) is 5.55. The summed E-state index contributed by atoms with van der Waals surface area (Å²) in [7, 11) is 1.52. The Morgan fingerprint density at radius 2 is 1.74 bits per heavy atom. The van der Waals surface area contributed by atoms with Gasteiger partial charge in [-0.05, 0) is 48.3 Å². The van der Waals surface area contributed by atoms with E-state index in [2.05, 4.69) is 24.5 Å². The first-order chi connectivity index (χ1) is 18.5. The van der Waals surface area contributed by atoms with Gasteiger partial charge in [0.15, 0.2) is 6.61 Å². The van der Waals surface area contributed by atoms with Crippen LogP contribution in [0.5, 0.6) is 5.75 Å². The van der Waals surface area contributed by atoms with E-state index < -0.39 is 23.9 Å². The second-order valence-electron chi connectivity index (χ2n) is 11.7. The third kappa shape index (κ3) is 9.23. The fourth-order valence-electron chi connectivity index (χ4n) is 4.89. The Kier molecular flexibility index (Phi) is 10.7. The van der Waals surface area contributed by atoms with Gasteiger partial charge in [-0.2, -0.15) is 0 Å². The molecule has 2 atom stereocenters. The number of nitrogens with zero attached hydrogens (tertiary/aromatic N) is 2. The lowest BCUT2D eigenvalue weighted by molar-refractivity contribution is -0.142. The zero-order chi connectivity index (χ0) is 28.6. The molecule has 1 fully saturated rings. The van der Waals surface area contributed by atoms with Crippen molar-refractivity contribution in [1.29, 1.82) is 0 Å². The molecule has 0 unspecified atom stereocenters. The highest BCUT2D eigenvalue weighted by Crippen LogP contribution is 2.30. The van der Waals surface area contributed by atoms with Crippen LogP contribution in [-0.2, 0) is 30.3 Å². The molecule has 0 spiro atoms. The van der Waals surface area contributed by atoms with Crippen LogP contribution in [0.2, 0.25) is 0 Å². The molecule has 2 N–H and O–H groups in total. The number of ether oxygens (including phenoxy) is 2. The molecular weight excluding hydrogens is 500 g/mol. The van der Waals surface area contributed by atoms with Crippen LogP contribution in [0.3, 0.4) is 0 Å². The zero-order valence-electron chi connectivity index (χ0n) is 24.0. The molecule has 1 aromatic carbocycles. The lowest BCUT2D eigenvalue weighted by Crippen LogP contribution is -2.56. The molecule has 3 aliphatic heterocycles. The summed E-state index contributed by atoms with van der Waals surface area (Å²) >= 11 is 0. The van der Waals surface area contributed by atoms with Gasteiger partial charge in [0.2, 0.25) is 17.7 Å². The summed E-state index contributed by atoms with van der Waals surface area (Å²) < 4.78 is 10.8. The highest BCUT2D eigenvalue weighted by atomic mass is 16.5. The number of nitrogens with one attached hydrogen (secondary N) is 2. The topological polar surface area (TPSA) is 117 Å². The number of piperidine rings is 1. The molecule has 3 aliphatic rings. The molecule has 10 nitrogen and oxygen atoms in total. The minimum atomic E-state index is -0.824. The van der Waals surface area contributed by atoms with Gasteiger partial charge in [0.25, 0.3) is 5.91 Å². The highest BCUT2D eigenvalue weighted by molar-refractivity contribution is 5.93. The molecule has 10 heteroatoms.